The lowest BCUT2D eigenvalue weighted by Gasteiger charge is -2.16. The minimum Gasteiger partial charge on any atom is -0.337 e. The van der Waals surface area contributed by atoms with Crippen LogP contribution >= 0.6 is 0 Å². The number of hydrogen-bond donors (Lipinski definition) is 0. The number of rotatable bonds is 5. The van der Waals surface area contributed by atoms with Crippen molar-refractivity contribution >= 4 is 5.78 Å². The molecule has 2 rings (SSSR count). The number of aryl methyl sites for hydroxylation is 2. The molecule has 0 unspecified atom stereocenters. The van der Waals surface area contributed by atoms with E-state index in [9.17, 15) is 4.79 Å². The van der Waals surface area contributed by atoms with Crippen molar-refractivity contribution in [3.63, 3.8) is 0 Å². The van der Waals surface area contributed by atoms with E-state index in [-0.39, 0.29) is 5.78 Å². The van der Waals surface area contributed by atoms with Crippen LogP contribution in [-0.4, -0.2) is 33.8 Å². The molecule has 0 saturated heterocycles. The molecule has 0 amide bonds. The molecule has 19 heavy (non-hydrogen) atoms. The van der Waals surface area contributed by atoms with Crippen LogP contribution in [0.4, 0.5) is 0 Å². The molecule has 0 spiro atoms. The minimum absolute atomic E-state index is 0.148. The number of ketones is 1. The average molecular weight is 257 g/mol. The van der Waals surface area contributed by atoms with Crippen molar-refractivity contribution in [3.8, 4) is 0 Å². The molecule has 0 N–H and O–H groups in total. The summed E-state index contributed by atoms with van der Waals surface area (Å²) in [7, 11) is 3.89. The Morgan fingerprint density at radius 2 is 2.11 bits per heavy atom. The monoisotopic (exact) mass is 257 g/mol. The highest BCUT2D eigenvalue weighted by atomic mass is 16.1. The first-order chi connectivity index (χ1) is 9.08. The second-order valence-corrected chi connectivity index (χ2v) is 4.86. The Bertz CT molecular complexity index is 574. The fourth-order valence-corrected chi connectivity index (χ4v) is 2.06. The zero-order valence-electron chi connectivity index (χ0n) is 11.6. The van der Waals surface area contributed by atoms with Crippen LogP contribution in [0.25, 0.3) is 0 Å². The van der Waals surface area contributed by atoms with Crippen LogP contribution in [0.1, 0.15) is 21.7 Å². The summed E-state index contributed by atoms with van der Waals surface area (Å²) < 4.78 is 1.97. The number of imidazole rings is 1. The van der Waals surface area contributed by atoms with Crippen LogP contribution in [0.3, 0.4) is 0 Å². The van der Waals surface area contributed by atoms with Crippen molar-refractivity contribution in [3.05, 3.63) is 53.6 Å². The zero-order valence-corrected chi connectivity index (χ0v) is 11.6. The van der Waals surface area contributed by atoms with Crippen LogP contribution in [0.15, 0.2) is 36.7 Å². The molecule has 100 valence electrons. The Labute approximate surface area is 113 Å². The number of carbonyl (C=O) groups excluding carboxylic acids is 1. The lowest BCUT2D eigenvalue weighted by Crippen LogP contribution is -2.27. The molecule has 4 heteroatoms. The van der Waals surface area contributed by atoms with Crippen LogP contribution in [0.5, 0.6) is 0 Å². The fraction of sp³-hybridized carbons (Fsp3) is 0.333. The summed E-state index contributed by atoms with van der Waals surface area (Å²) in [5.41, 5.74) is 1.83. The highest BCUT2D eigenvalue weighted by molar-refractivity contribution is 5.98. The number of hydrogen-bond acceptors (Lipinski definition) is 3. The van der Waals surface area contributed by atoms with Gasteiger partial charge in [-0.05, 0) is 19.5 Å². The lowest BCUT2D eigenvalue weighted by molar-refractivity contribution is 0.0940. The molecule has 1 aromatic carbocycles. The van der Waals surface area contributed by atoms with Gasteiger partial charge < -0.3 is 4.57 Å². The first-order valence-corrected chi connectivity index (χ1v) is 6.31. The van der Waals surface area contributed by atoms with Crippen molar-refractivity contribution in [1.29, 1.82) is 0 Å². The second-order valence-electron chi connectivity index (χ2n) is 4.86. The van der Waals surface area contributed by atoms with Gasteiger partial charge in [0.1, 0.15) is 5.82 Å². The van der Waals surface area contributed by atoms with E-state index in [0.717, 1.165) is 17.0 Å². The number of Topliss-reactive ketones (excluding diaryl/α,β-unsaturated/α-hetero) is 1. The third kappa shape index (κ3) is 3.29. The SMILES string of the molecule is Cc1ccccc1C(=O)CN(C)Cc1nccn1C. The molecule has 1 aromatic heterocycles. The largest absolute Gasteiger partial charge is 0.337 e. The van der Waals surface area contributed by atoms with E-state index in [2.05, 4.69) is 4.98 Å². The summed E-state index contributed by atoms with van der Waals surface area (Å²) in [5, 5.41) is 0. The number of nitrogens with zero attached hydrogens (tertiary/aromatic N) is 3. The van der Waals surface area contributed by atoms with Gasteiger partial charge in [-0.25, -0.2) is 4.98 Å². The predicted molar refractivity (Wildman–Crippen MR) is 75.1 cm³/mol. The first-order valence-electron chi connectivity index (χ1n) is 6.31. The molecule has 0 saturated carbocycles. The van der Waals surface area contributed by atoms with Crippen molar-refractivity contribution in [2.45, 2.75) is 13.5 Å². The lowest BCUT2D eigenvalue weighted by atomic mass is 10.0. The Morgan fingerprint density at radius 1 is 1.37 bits per heavy atom. The maximum Gasteiger partial charge on any atom is 0.177 e. The highest BCUT2D eigenvalue weighted by Crippen LogP contribution is 2.09. The van der Waals surface area contributed by atoms with Gasteiger partial charge in [-0.1, -0.05) is 24.3 Å². The smallest absolute Gasteiger partial charge is 0.177 e. The Kier molecular flexibility index (Phi) is 4.12. The predicted octanol–water partition coefficient (Wildman–Crippen LogP) is 2.04. The maximum atomic E-state index is 12.2. The molecular formula is C15H19N3O. The fourth-order valence-electron chi connectivity index (χ4n) is 2.06. The molecule has 0 atom stereocenters. The summed E-state index contributed by atoms with van der Waals surface area (Å²) in [6, 6.07) is 7.70. The molecule has 4 nitrogen and oxygen atoms in total. The third-order valence-corrected chi connectivity index (χ3v) is 3.19. The minimum atomic E-state index is 0.148. The van der Waals surface area contributed by atoms with Gasteiger partial charge in [0.15, 0.2) is 5.78 Å². The quantitative estimate of drug-likeness (QED) is 0.769. The van der Waals surface area contributed by atoms with Crippen molar-refractivity contribution in [1.82, 2.24) is 14.5 Å². The van der Waals surface area contributed by atoms with E-state index in [1.807, 2.05) is 60.9 Å². The van der Waals surface area contributed by atoms with Crippen LogP contribution in [0.2, 0.25) is 0 Å². The van der Waals surface area contributed by atoms with Crippen LogP contribution in [0, 0.1) is 6.92 Å². The average Bonchev–Trinajstić information content (AvgIpc) is 2.75. The second kappa shape index (κ2) is 5.80. The van der Waals surface area contributed by atoms with Gasteiger partial charge >= 0.3 is 0 Å². The van der Waals surface area contributed by atoms with Crippen LogP contribution < -0.4 is 0 Å². The Balaban J connectivity index is 2.00. The van der Waals surface area contributed by atoms with Crippen molar-refractivity contribution < 1.29 is 4.79 Å². The number of aromatic nitrogens is 2. The maximum absolute atomic E-state index is 12.2. The van der Waals surface area contributed by atoms with Gasteiger partial charge in [0, 0.05) is 25.0 Å². The van der Waals surface area contributed by atoms with Gasteiger partial charge in [-0.3, -0.25) is 9.69 Å². The Hall–Kier alpha value is -1.94. The van der Waals surface area contributed by atoms with E-state index in [0.29, 0.717) is 13.1 Å². The summed E-state index contributed by atoms with van der Waals surface area (Å²) in [4.78, 5) is 18.5. The molecule has 1 heterocycles. The third-order valence-electron chi connectivity index (χ3n) is 3.19. The number of benzene rings is 1. The zero-order chi connectivity index (χ0) is 13.8. The van der Waals surface area contributed by atoms with E-state index < -0.39 is 0 Å². The van der Waals surface area contributed by atoms with Gasteiger partial charge in [-0.15, -0.1) is 0 Å². The molecule has 0 bridgehead atoms. The summed E-state index contributed by atoms with van der Waals surface area (Å²) >= 11 is 0. The summed E-state index contributed by atoms with van der Waals surface area (Å²) in [6.45, 7) is 3.03. The molecule has 0 aliphatic carbocycles. The Morgan fingerprint density at radius 3 is 2.74 bits per heavy atom. The molecule has 0 fully saturated rings. The molecule has 2 aromatic rings. The molecule has 0 aliphatic rings. The standard InChI is InChI=1S/C15H19N3O/c1-12-6-4-5-7-13(12)14(19)10-17(2)11-15-16-8-9-18(15)3/h4-9H,10-11H2,1-3H3. The topological polar surface area (TPSA) is 38.1 Å². The highest BCUT2D eigenvalue weighted by Gasteiger charge is 2.12. The first kappa shape index (κ1) is 13.5. The van der Waals surface area contributed by atoms with E-state index in [1.54, 1.807) is 6.20 Å². The van der Waals surface area contributed by atoms with Gasteiger partial charge in [-0.2, -0.15) is 0 Å². The normalized spacial score (nSPS) is 10.9. The summed E-state index contributed by atoms with van der Waals surface area (Å²) in [6.07, 6.45) is 3.68. The van der Waals surface area contributed by atoms with Gasteiger partial charge in [0.2, 0.25) is 0 Å². The van der Waals surface area contributed by atoms with Crippen molar-refractivity contribution in [2.24, 2.45) is 7.05 Å². The van der Waals surface area contributed by atoms with E-state index in [4.69, 9.17) is 0 Å². The van der Waals surface area contributed by atoms with Gasteiger partial charge in [0.25, 0.3) is 0 Å². The van der Waals surface area contributed by atoms with Gasteiger partial charge in [0.05, 0.1) is 13.1 Å². The van der Waals surface area contributed by atoms with Crippen LogP contribution in [-0.2, 0) is 13.6 Å². The summed E-state index contributed by atoms with van der Waals surface area (Å²) in [5.74, 6) is 1.11. The molecular weight excluding hydrogens is 238 g/mol. The van der Waals surface area contributed by atoms with E-state index >= 15 is 0 Å². The van der Waals surface area contributed by atoms with E-state index in [1.165, 1.54) is 0 Å². The number of likely N-dealkylation sites (N-methyl/N-ethyl adjacent to an activating group) is 1. The molecule has 0 radical (unpaired) electrons. The van der Waals surface area contributed by atoms with Crippen molar-refractivity contribution in [2.75, 3.05) is 13.6 Å². The number of carbonyl (C=O) groups is 1. The molecule has 0 aliphatic heterocycles.